The number of carbonyl (C=O) groups is 3. The first kappa shape index (κ1) is 17.4. The number of benzene rings is 1. The molecule has 1 atom stereocenters. The Morgan fingerprint density at radius 3 is 2.48 bits per heavy atom. The van der Waals surface area contributed by atoms with Crippen LogP contribution < -0.4 is 16.4 Å². The van der Waals surface area contributed by atoms with Gasteiger partial charge in [-0.1, -0.05) is 15.9 Å². The van der Waals surface area contributed by atoms with Crippen LogP contribution in [0.4, 0.5) is 10.5 Å². The molecule has 0 fully saturated rings. The molecule has 0 aliphatic carbocycles. The quantitative estimate of drug-likeness (QED) is 0.560. The van der Waals surface area contributed by atoms with E-state index in [4.69, 9.17) is 10.8 Å². The molecule has 0 unspecified atom stereocenters. The SMILES string of the molecule is NC(=O)CC[C@@H](NC(=O)Nc1ccc(Br)cc1Br)C(=O)O. The van der Waals surface area contributed by atoms with E-state index in [1.54, 1.807) is 18.2 Å². The molecule has 7 nitrogen and oxygen atoms in total. The summed E-state index contributed by atoms with van der Waals surface area (Å²) in [7, 11) is 0. The Morgan fingerprint density at radius 2 is 1.95 bits per heavy atom. The zero-order chi connectivity index (χ0) is 16.0. The molecule has 0 aliphatic rings. The van der Waals surface area contributed by atoms with Crippen molar-refractivity contribution in [2.75, 3.05) is 5.32 Å². The van der Waals surface area contributed by atoms with Crippen molar-refractivity contribution < 1.29 is 19.5 Å². The Kier molecular flexibility index (Phi) is 6.63. The first-order valence-corrected chi connectivity index (χ1v) is 7.42. The number of carboxylic acid groups (broad SMARTS) is 1. The normalized spacial score (nSPS) is 11.5. The van der Waals surface area contributed by atoms with Crippen molar-refractivity contribution >= 4 is 55.5 Å². The number of aliphatic carboxylic acids is 1. The average molecular weight is 423 g/mol. The van der Waals surface area contributed by atoms with Crippen LogP contribution in [-0.2, 0) is 9.59 Å². The molecule has 1 rings (SSSR count). The minimum Gasteiger partial charge on any atom is -0.480 e. The van der Waals surface area contributed by atoms with Gasteiger partial charge in [0, 0.05) is 15.4 Å². The highest BCUT2D eigenvalue weighted by atomic mass is 79.9. The number of rotatable bonds is 6. The van der Waals surface area contributed by atoms with Crippen LogP contribution in [0.3, 0.4) is 0 Å². The van der Waals surface area contributed by atoms with E-state index in [0.29, 0.717) is 10.2 Å². The van der Waals surface area contributed by atoms with Crippen LogP contribution in [0.25, 0.3) is 0 Å². The Balaban J connectivity index is 2.65. The lowest BCUT2D eigenvalue weighted by Gasteiger charge is -2.15. The fourth-order valence-electron chi connectivity index (χ4n) is 1.45. The molecule has 0 bridgehead atoms. The van der Waals surface area contributed by atoms with E-state index in [0.717, 1.165) is 4.47 Å². The number of carboxylic acids is 1. The molecule has 0 aromatic heterocycles. The molecule has 21 heavy (non-hydrogen) atoms. The van der Waals surface area contributed by atoms with Crippen molar-refractivity contribution in [1.82, 2.24) is 5.32 Å². The number of nitrogens with one attached hydrogen (secondary N) is 2. The number of nitrogens with two attached hydrogens (primary N) is 1. The van der Waals surface area contributed by atoms with Gasteiger partial charge >= 0.3 is 12.0 Å². The smallest absolute Gasteiger partial charge is 0.326 e. The Hall–Kier alpha value is -1.61. The molecular formula is C12H13Br2N3O4. The molecule has 1 aromatic rings. The van der Waals surface area contributed by atoms with E-state index in [-0.39, 0.29) is 12.8 Å². The molecule has 9 heteroatoms. The lowest BCUT2D eigenvalue weighted by Crippen LogP contribution is -2.43. The number of anilines is 1. The van der Waals surface area contributed by atoms with E-state index in [9.17, 15) is 14.4 Å². The Labute approximate surface area is 137 Å². The summed E-state index contributed by atoms with van der Waals surface area (Å²) >= 11 is 6.55. The highest BCUT2D eigenvalue weighted by Gasteiger charge is 2.20. The zero-order valence-corrected chi connectivity index (χ0v) is 13.9. The number of urea groups is 1. The van der Waals surface area contributed by atoms with Gasteiger partial charge in [-0.25, -0.2) is 9.59 Å². The van der Waals surface area contributed by atoms with Gasteiger partial charge < -0.3 is 21.5 Å². The predicted octanol–water partition coefficient (Wildman–Crippen LogP) is 2.05. The molecule has 0 radical (unpaired) electrons. The molecule has 0 saturated heterocycles. The van der Waals surface area contributed by atoms with Crippen LogP contribution in [0.5, 0.6) is 0 Å². The molecule has 3 amide bonds. The maximum absolute atomic E-state index is 11.8. The summed E-state index contributed by atoms with van der Waals surface area (Å²) in [6.07, 6.45) is -0.196. The Bertz CT molecular complexity index is 565. The topological polar surface area (TPSA) is 122 Å². The van der Waals surface area contributed by atoms with Crippen LogP contribution in [0.15, 0.2) is 27.1 Å². The van der Waals surface area contributed by atoms with Crippen LogP contribution in [0.2, 0.25) is 0 Å². The van der Waals surface area contributed by atoms with Gasteiger partial charge in [0.1, 0.15) is 6.04 Å². The molecule has 114 valence electrons. The van der Waals surface area contributed by atoms with Gasteiger partial charge in [-0.05, 0) is 40.5 Å². The number of carbonyl (C=O) groups excluding carboxylic acids is 2. The first-order valence-electron chi connectivity index (χ1n) is 5.83. The minimum absolute atomic E-state index is 0.0698. The average Bonchev–Trinajstić information content (AvgIpc) is 2.37. The molecule has 5 N–H and O–H groups in total. The van der Waals surface area contributed by atoms with E-state index < -0.39 is 23.9 Å². The number of hydrogen-bond acceptors (Lipinski definition) is 3. The molecule has 0 aliphatic heterocycles. The summed E-state index contributed by atoms with van der Waals surface area (Å²) in [5.41, 5.74) is 5.44. The van der Waals surface area contributed by atoms with Crippen LogP contribution in [0.1, 0.15) is 12.8 Å². The van der Waals surface area contributed by atoms with Crippen molar-refractivity contribution in [2.24, 2.45) is 5.73 Å². The largest absolute Gasteiger partial charge is 0.480 e. The number of halogens is 2. The monoisotopic (exact) mass is 421 g/mol. The van der Waals surface area contributed by atoms with Crippen molar-refractivity contribution in [3.63, 3.8) is 0 Å². The van der Waals surface area contributed by atoms with Crippen molar-refractivity contribution in [3.05, 3.63) is 27.1 Å². The maximum atomic E-state index is 11.8. The lowest BCUT2D eigenvalue weighted by atomic mass is 10.1. The van der Waals surface area contributed by atoms with Crippen LogP contribution >= 0.6 is 31.9 Å². The second kappa shape index (κ2) is 7.99. The number of hydrogen-bond donors (Lipinski definition) is 4. The summed E-state index contributed by atoms with van der Waals surface area (Å²) < 4.78 is 1.46. The van der Waals surface area contributed by atoms with Gasteiger partial charge in [0.2, 0.25) is 5.91 Å². The zero-order valence-electron chi connectivity index (χ0n) is 10.7. The van der Waals surface area contributed by atoms with Gasteiger partial charge in [-0.2, -0.15) is 0 Å². The van der Waals surface area contributed by atoms with E-state index >= 15 is 0 Å². The van der Waals surface area contributed by atoms with Crippen LogP contribution in [0, 0.1) is 0 Å². The van der Waals surface area contributed by atoms with E-state index in [1.165, 1.54) is 0 Å². The standard InChI is InChI=1S/C12H13Br2N3O4/c13-6-1-2-8(7(14)5-6)16-12(21)17-9(11(19)20)3-4-10(15)18/h1-2,5,9H,3-4H2,(H2,15,18)(H,19,20)(H2,16,17,21)/t9-/m1/s1. The fourth-order valence-corrected chi connectivity index (χ4v) is 2.60. The Morgan fingerprint density at radius 1 is 1.29 bits per heavy atom. The van der Waals surface area contributed by atoms with Crippen molar-refractivity contribution in [3.8, 4) is 0 Å². The lowest BCUT2D eigenvalue weighted by molar-refractivity contribution is -0.139. The molecule has 0 heterocycles. The minimum atomic E-state index is -1.23. The van der Waals surface area contributed by atoms with E-state index in [1.807, 2.05) is 0 Å². The third kappa shape index (κ3) is 6.13. The molecule has 1 aromatic carbocycles. The van der Waals surface area contributed by atoms with Crippen molar-refractivity contribution in [2.45, 2.75) is 18.9 Å². The van der Waals surface area contributed by atoms with Gasteiger partial charge in [0.05, 0.1) is 5.69 Å². The third-order valence-electron chi connectivity index (χ3n) is 2.46. The van der Waals surface area contributed by atoms with Gasteiger partial charge in [-0.15, -0.1) is 0 Å². The van der Waals surface area contributed by atoms with Gasteiger partial charge in [0.25, 0.3) is 0 Å². The van der Waals surface area contributed by atoms with Crippen molar-refractivity contribution in [1.29, 1.82) is 0 Å². The molecule has 0 saturated carbocycles. The highest BCUT2D eigenvalue weighted by Crippen LogP contribution is 2.26. The fraction of sp³-hybridized carbons (Fsp3) is 0.250. The summed E-state index contributed by atoms with van der Waals surface area (Å²) in [6.45, 7) is 0. The summed E-state index contributed by atoms with van der Waals surface area (Å²) in [5, 5.41) is 13.8. The summed E-state index contributed by atoms with van der Waals surface area (Å²) in [5.74, 6) is -1.86. The maximum Gasteiger partial charge on any atom is 0.326 e. The first-order chi connectivity index (χ1) is 9.79. The second-order valence-electron chi connectivity index (χ2n) is 4.12. The molecular weight excluding hydrogens is 410 g/mol. The number of amides is 3. The highest BCUT2D eigenvalue weighted by molar-refractivity contribution is 9.11. The van der Waals surface area contributed by atoms with Gasteiger partial charge in [-0.3, -0.25) is 4.79 Å². The second-order valence-corrected chi connectivity index (χ2v) is 5.89. The summed E-state index contributed by atoms with van der Waals surface area (Å²) in [4.78, 5) is 33.4. The molecule has 0 spiro atoms. The number of primary amides is 1. The van der Waals surface area contributed by atoms with E-state index in [2.05, 4.69) is 42.5 Å². The van der Waals surface area contributed by atoms with Gasteiger partial charge in [0.15, 0.2) is 0 Å². The summed E-state index contributed by atoms with van der Waals surface area (Å²) in [6, 6.07) is 3.23. The van der Waals surface area contributed by atoms with Crippen LogP contribution in [-0.4, -0.2) is 29.1 Å². The predicted molar refractivity (Wildman–Crippen MR) is 83.8 cm³/mol. The third-order valence-corrected chi connectivity index (χ3v) is 3.61.